The van der Waals surface area contributed by atoms with Gasteiger partial charge >= 0.3 is 0 Å². The molecule has 0 atom stereocenters. The first-order valence-corrected chi connectivity index (χ1v) is 10.9. The zero-order valence-electron chi connectivity index (χ0n) is 18.2. The van der Waals surface area contributed by atoms with Gasteiger partial charge in [0.05, 0.1) is 6.04 Å². The molecule has 152 valence electrons. The average Bonchev–Trinajstić information content (AvgIpc) is 2.69. The SMILES string of the molecule is C=Cc1c(C)ccc(C(C)C)c1C(N)=C1CN(C)CCC1=NC1CCCCC1. The summed E-state index contributed by atoms with van der Waals surface area (Å²) in [6, 6.07) is 4.91. The molecule has 3 heteroatoms. The van der Waals surface area contributed by atoms with E-state index in [0.717, 1.165) is 25.2 Å². The number of likely N-dealkylation sites (N-methyl/N-ethyl adjacent to an activating group) is 1. The molecule has 0 spiro atoms. The van der Waals surface area contributed by atoms with E-state index in [-0.39, 0.29) is 0 Å². The molecule has 1 aromatic carbocycles. The van der Waals surface area contributed by atoms with Crippen molar-refractivity contribution in [1.29, 1.82) is 0 Å². The Hall–Kier alpha value is -1.87. The van der Waals surface area contributed by atoms with Crippen molar-refractivity contribution in [1.82, 2.24) is 4.90 Å². The lowest BCUT2D eigenvalue weighted by molar-refractivity contribution is 0.363. The average molecular weight is 380 g/mol. The van der Waals surface area contributed by atoms with E-state index in [1.807, 2.05) is 6.08 Å². The summed E-state index contributed by atoms with van der Waals surface area (Å²) in [5, 5.41) is 0. The largest absolute Gasteiger partial charge is 0.398 e. The number of nitrogens with zero attached hydrogens (tertiary/aromatic N) is 2. The highest BCUT2D eigenvalue weighted by atomic mass is 15.1. The molecule has 2 N–H and O–H groups in total. The molecule has 2 fully saturated rings. The highest BCUT2D eigenvalue weighted by Crippen LogP contribution is 2.33. The molecule has 3 nitrogen and oxygen atoms in total. The van der Waals surface area contributed by atoms with E-state index in [0.29, 0.717) is 12.0 Å². The van der Waals surface area contributed by atoms with Crippen LogP contribution in [0.3, 0.4) is 0 Å². The van der Waals surface area contributed by atoms with Crippen LogP contribution in [0.25, 0.3) is 11.8 Å². The highest BCUT2D eigenvalue weighted by molar-refractivity contribution is 6.07. The van der Waals surface area contributed by atoms with Gasteiger partial charge in [0.15, 0.2) is 0 Å². The van der Waals surface area contributed by atoms with Gasteiger partial charge in [0.2, 0.25) is 0 Å². The second-order valence-electron chi connectivity index (χ2n) is 8.87. The number of piperidine rings is 1. The second-order valence-corrected chi connectivity index (χ2v) is 8.87. The van der Waals surface area contributed by atoms with Crippen LogP contribution in [-0.4, -0.2) is 36.8 Å². The van der Waals surface area contributed by atoms with Crippen molar-refractivity contribution >= 4 is 17.5 Å². The van der Waals surface area contributed by atoms with E-state index >= 15 is 0 Å². The zero-order chi connectivity index (χ0) is 20.3. The Labute approximate surface area is 171 Å². The Bertz CT molecular complexity index is 779. The Morgan fingerprint density at radius 3 is 2.61 bits per heavy atom. The number of nitrogens with two attached hydrogens (primary N) is 1. The molecule has 28 heavy (non-hydrogen) atoms. The molecule has 0 bridgehead atoms. The molecule has 2 aliphatic rings. The number of benzene rings is 1. The fourth-order valence-corrected chi connectivity index (χ4v) is 4.64. The van der Waals surface area contributed by atoms with Crippen LogP contribution in [0.5, 0.6) is 0 Å². The smallest absolute Gasteiger partial charge is 0.0503 e. The summed E-state index contributed by atoms with van der Waals surface area (Å²) in [6.45, 7) is 12.6. The van der Waals surface area contributed by atoms with Crippen molar-refractivity contribution in [2.24, 2.45) is 10.7 Å². The molecule has 1 heterocycles. The van der Waals surface area contributed by atoms with E-state index in [1.165, 1.54) is 65.6 Å². The van der Waals surface area contributed by atoms with Crippen LogP contribution < -0.4 is 5.73 Å². The van der Waals surface area contributed by atoms with E-state index in [9.17, 15) is 0 Å². The Balaban J connectivity index is 2.14. The van der Waals surface area contributed by atoms with E-state index < -0.39 is 0 Å². The summed E-state index contributed by atoms with van der Waals surface area (Å²) in [5.41, 5.74) is 15.2. The fourth-order valence-electron chi connectivity index (χ4n) is 4.64. The van der Waals surface area contributed by atoms with Crippen LogP contribution in [0.15, 0.2) is 29.3 Å². The molecule has 0 unspecified atom stereocenters. The number of likely N-dealkylation sites (tertiary alicyclic amines) is 1. The molecule has 1 saturated carbocycles. The molecule has 1 saturated heterocycles. The fraction of sp³-hybridized carbons (Fsp3) is 0.560. The summed E-state index contributed by atoms with van der Waals surface area (Å²) >= 11 is 0. The number of aryl methyl sites for hydroxylation is 1. The summed E-state index contributed by atoms with van der Waals surface area (Å²) in [7, 11) is 2.18. The molecule has 0 amide bonds. The number of aliphatic imine (C=N–C) groups is 1. The van der Waals surface area contributed by atoms with Crippen LogP contribution in [-0.2, 0) is 0 Å². The van der Waals surface area contributed by atoms with Crippen molar-refractivity contribution in [3.8, 4) is 0 Å². The Morgan fingerprint density at radius 2 is 1.96 bits per heavy atom. The van der Waals surface area contributed by atoms with Gasteiger partial charge in [-0.05, 0) is 49.4 Å². The van der Waals surface area contributed by atoms with Gasteiger partial charge in [0.25, 0.3) is 0 Å². The van der Waals surface area contributed by atoms with E-state index in [4.69, 9.17) is 10.7 Å². The second kappa shape index (κ2) is 9.09. The van der Waals surface area contributed by atoms with E-state index in [2.05, 4.69) is 51.4 Å². The molecule has 1 aliphatic carbocycles. The lowest BCUT2D eigenvalue weighted by Gasteiger charge is -2.30. The lowest BCUT2D eigenvalue weighted by atomic mass is 9.86. The first kappa shape index (κ1) is 20.9. The minimum absolute atomic E-state index is 0.411. The first-order valence-electron chi connectivity index (χ1n) is 10.9. The van der Waals surface area contributed by atoms with Gasteiger partial charge in [0.1, 0.15) is 0 Å². The van der Waals surface area contributed by atoms with Crippen LogP contribution in [0, 0.1) is 6.92 Å². The monoisotopic (exact) mass is 379 g/mol. The van der Waals surface area contributed by atoms with Crippen LogP contribution in [0.1, 0.15) is 80.5 Å². The van der Waals surface area contributed by atoms with Crippen molar-refractivity contribution < 1.29 is 0 Å². The van der Waals surface area contributed by atoms with Gasteiger partial charge in [-0.25, -0.2) is 0 Å². The summed E-state index contributed by atoms with van der Waals surface area (Å²) < 4.78 is 0. The van der Waals surface area contributed by atoms with Crippen molar-refractivity contribution in [3.63, 3.8) is 0 Å². The normalized spacial score (nSPS) is 22.7. The van der Waals surface area contributed by atoms with Crippen molar-refractivity contribution in [2.75, 3.05) is 20.1 Å². The van der Waals surface area contributed by atoms with Gasteiger partial charge in [-0.2, -0.15) is 0 Å². The molecular formula is C25H37N3. The maximum Gasteiger partial charge on any atom is 0.0503 e. The third-order valence-corrected chi connectivity index (χ3v) is 6.34. The molecule has 1 aliphatic heterocycles. The molecule has 0 radical (unpaired) electrons. The molecular weight excluding hydrogens is 342 g/mol. The number of hydrogen-bond acceptors (Lipinski definition) is 3. The quantitative estimate of drug-likeness (QED) is 0.746. The predicted octanol–water partition coefficient (Wildman–Crippen LogP) is 5.54. The summed E-state index contributed by atoms with van der Waals surface area (Å²) in [4.78, 5) is 7.60. The zero-order valence-corrected chi connectivity index (χ0v) is 18.2. The maximum atomic E-state index is 6.94. The highest BCUT2D eigenvalue weighted by Gasteiger charge is 2.25. The summed E-state index contributed by atoms with van der Waals surface area (Å²) in [5.74, 6) is 0.411. The third kappa shape index (κ3) is 4.41. The Kier molecular flexibility index (Phi) is 6.77. The molecule has 3 rings (SSSR count). The van der Waals surface area contributed by atoms with Crippen molar-refractivity contribution in [3.05, 3.63) is 46.5 Å². The minimum atomic E-state index is 0.411. The van der Waals surface area contributed by atoms with Gasteiger partial charge in [0, 0.05) is 42.1 Å². The van der Waals surface area contributed by atoms with Gasteiger partial charge in [-0.3, -0.25) is 4.99 Å². The number of rotatable bonds is 4. The third-order valence-electron chi connectivity index (χ3n) is 6.34. The van der Waals surface area contributed by atoms with Crippen LogP contribution in [0.2, 0.25) is 0 Å². The van der Waals surface area contributed by atoms with Crippen molar-refractivity contribution in [2.45, 2.75) is 71.3 Å². The van der Waals surface area contributed by atoms with E-state index in [1.54, 1.807) is 0 Å². The standard InChI is InChI=1S/C25H37N3/c1-6-20-18(4)12-13-21(17(2)3)24(20)25(26)22-16-28(5)15-14-23(22)27-19-10-8-7-9-11-19/h6,12-13,17,19H,1,7-11,14-16,26H2,2-5H3. The topological polar surface area (TPSA) is 41.6 Å². The van der Waals surface area contributed by atoms with Crippen LogP contribution >= 0.6 is 0 Å². The lowest BCUT2D eigenvalue weighted by Crippen LogP contribution is -2.35. The predicted molar refractivity (Wildman–Crippen MR) is 123 cm³/mol. The number of hydrogen-bond donors (Lipinski definition) is 1. The molecule has 1 aromatic rings. The van der Waals surface area contributed by atoms with Gasteiger partial charge in [-0.1, -0.05) is 57.9 Å². The van der Waals surface area contributed by atoms with Crippen LogP contribution in [0.4, 0.5) is 0 Å². The maximum absolute atomic E-state index is 6.94. The van der Waals surface area contributed by atoms with Gasteiger partial charge < -0.3 is 10.6 Å². The first-order chi connectivity index (χ1) is 13.4. The minimum Gasteiger partial charge on any atom is -0.398 e. The Morgan fingerprint density at radius 1 is 1.25 bits per heavy atom. The molecule has 0 aromatic heterocycles. The van der Waals surface area contributed by atoms with Gasteiger partial charge in [-0.15, -0.1) is 0 Å². The summed E-state index contributed by atoms with van der Waals surface area (Å²) in [6.07, 6.45) is 9.40.